The molecule has 0 unspecified atom stereocenters. The molecule has 7 heteroatoms. The van der Waals surface area contributed by atoms with Crippen LogP contribution in [0, 0.1) is 6.92 Å². The van der Waals surface area contributed by atoms with E-state index in [2.05, 4.69) is 4.72 Å². The molecule has 0 fully saturated rings. The fourth-order valence-electron chi connectivity index (χ4n) is 2.29. The molecule has 0 saturated heterocycles. The summed E-state index contributed by atoms with van der Waals surface area (Å²) in [5.74, 6) is -0.331. The Morgan fingerprint density at radius 1 is 1.12 bits per heavy atom. The van der Waals surface area contributed by atoms with Crippen LogP contribution in [0.5, 0.6) is 0 Å². The first kappa shape index (κ1) is 19.1. The Morgan fingerprint density at radius 3 is 2.28 bits per heavy atom. The van der Waals surface area contributed by atoms with Crippen LogP contribution in [-0.4, -0.2) is 33.5 Å². The highest BCUT2D eigenvalue weighted by Crippen LogP contribution is 2.21. The van der Waals surface area contributed by atoms with Gasteiger partial charge in [-0.05, 0) is 24.6 Å². The minimum absolute atomic E-state index is 0.0561. The third-order valence-electron chi connectivity index (χ3n) is 3.83. The number of nitrogens with one attached hydrogen (secondary N) is 1. The van der Waals surface area contributed by atoms with Crippen LogP contribution in [0.4, 0.5) is 0 Å². The zero-order valence-electron chi connectivity index (χ0n) is 14.5. The lowest BCUT2D eigenvalue weighted by Crippen LogP contribution is -2.34. The van der Waals surface area contributed by atoms with Crippen LogP contribution in [0.1, 0.15) is 23.6 Å². The lowest BCUT2D eigenvalue weighted by atomic mass is 10.0. The van der Waals surface area contributed by atoms with Gasteiger partial charge in [-0.15, -0.1) is 0 Å². The summed E-state index contributed by atoms with van der Waals surface area (Å²) < 4.78 is 28.0. The fraction of sp³-hybridized carbons (Fsp3) is 0.278. The summed E-state index contributed by atoms with van der Waals surface area (Å²) in [6.45, 7) is 1.88. The maximum atomic E-state index is 12.7. The molecule has 0 aromatic heterocycles. The standard InChI is InChI=1S/C18H22N2O4S/c1-14-9-11-16(12-10-14)25(22,23)19-17(13-18(21)20(2)24-3)15-7-5-4-6-8-15/h4-12,17,19H,13H2,1-3H3/t17-/m1/s1. The van der Waals surface area contributed by atoms with E-state index >= 15 is 0 Å². The molecule has 0 bridgehead atoms. The summed E-state index contributed by atoms with van der Waals surface area (Å²) in [6, 6.07) is 14.8. The normalized spacial score (nSPS) is 12.6. The van der Waals surface area contributed by atoms with E-state index in [1.165, 1.54) is 14.2 Å². The molecule has 0 spiro atoms. The number of carbonyl (C=O) groups is 1. The van der Waals surface area contributed by atoms with E-state index in [0.29, 0.717) is 5.56 Å². The highest BCUT2D eigenvalue weighted by molar-refractivity contribution is 7.89. The molecule has 0 aliphatic heterocycles. The second kappa shape index (κ2) is 8.24. The molecule has 1 atom stereocenters. The number of benzene rings is 2. The number of hydrogen-bond donors (Lipinski definition) is 1. The Bertz CT molecular complexity index is 805. The van der Waals surface area contributed by atoms with Gasteiger partial charge in [-0.1, -0.05) is 48.0 Å². The van der Waals surface area contributed by atoms with E-state index in [-0.39, 0.29) is 17.2 Å². The maximum Gasteiger partial charge on any atom is 0.247 e. The molecule has 6 nitrogen and oxygen atoms in total. The Balaban J connectivity index is 2.29. The van der Waals surface area contributed by atoms with Crippen LogP contribution >= 0.6 is 0 Å². The van der Waals surface area contributed by atoms with Crippen molar-refractivity contribution < 1.29 is 18.0 Å². The molecule has 1 N–H and O–H groups in total. The minimum Gasteiger partial charge on any atom is -0.275 e. The van der Waals surface area contributed by atoms with Crippen molar-refractivity contribution in [2.75, 3.05) is 14.2 Å². The number of amides is 1. The fourth-order valence-corrected chi connectivity index (χ4v) is 3.52. The van der Waals surface area contributed by atoms with Gasteiger partial charge in [0.05, 0.1) is 18.0 Å². The summed E-state index contributed by atoms with van der Waals surface area (Å²) in [5.41, 5.74) is 1.67. The van der Waals surface area contributed by atoms with E-state index in [1.54, 1.807) is 48.5 Å². The number of carbonyl (C=O) groups excluding carboxylic acids is 1. The Kier molecular flexibility index (Phi) is 6.30. The molecule has 2 rings (SSSR count). The van der Waals surface area contributed by atoms with Gasteiger partial charge in [0.1, 0.15) is 0 Å². The average Bonchev–Trinajstić information content (AvgIpc) is 2.61. The van der Waals surface area contributed by atoms with Crippen molar-refractivity contribution in [2.45, 2.75) is 24.3 Å². The van der Waals surface area contributed by atoms with Crippen LogP contribution in [0.15, 0.2) is 59.5 Å². The van der Waals surface area contributed by atoms with Crippen molar-refractivity contribution in [3.63, 3.8) is 0 Å². The first-order valence-electron chi connectivity index (χ1n) is 7.78. The predicted octanol–water partition coefficient (Wildman–Crippen LogP) is 2.42. The predicted molar refractivity (Wildman–Crippen MR) is 95.1 cm³/mol. The number of rotatable bonds is 7. The second-order valence-electron chi connectivity index (χ2n) is 5.68. The lowest BCUT2D eigenvalue weighted by molar-refractivity contribution is -0.169. The number of hydrogen-bond acceptors (Lipinski definition) is 4. The van der Waals surface area contributed by atoms with Crippen molar-refractivity contribution in [3.8, 4) is 0 Å². The molecule has 0 heterocycles. The quantitative estimate of drug-likeness (QED) is 0.768. The Morgan fingerprint density at radius 2 is 1.72 bits per heavy atom. The summed E-state index contributed by atoms with van der Waals surface area (Å²) in [6.07, 6.45) is -0.0561. The van der Waals surface area contributed by atoms with E-state index in [4.69, 9.17) is 4.84 Å². The van der Waals surface area contributed by atoms with Gasteiger partial charge in [0.25, 0.3) is 0 Å². The van der Waals surface area contributed by atoms with Gasteiger partial charge >= 0.3 is 0 Å². The molecule has 0 aliphatic rings. The van der Waals surface area contributed by atoms with Crippen molar-refractivity contribution in [3.05, 3.63) is 65.7 Å². The van der Waals surface area contributed by atoms with Crippen LogP contribution < -0.4 is 4.72 Å². The van der Waals surface area contributed by atoms with Crippen molar-refractivity contribution in [2.24, 2.45) is 0 Å². The molecule has 134 valence electrons. The summed E-state index contributed by atoms with van der Waals surface area (Å²) in [7, 11) is -0.898. The number of sulfonamides is 1. The van der Waals surface area contributed by atoms with Crippen LogP contribution in [0.3, 0.4) is 0 Å². The van der Waals surface area contributed by atoms with E-state index < -0.39 is 16.1 Å². The van der Waals surface area contributed by atoms with Gasteiger partial charge in [0, 0.05) is 13.5 Å². The van der Waals surface area contributed by atoms with Crippen molar-refractivity contribution in [1.82, 2.24) is 9.79 Å². The zero-order valence-corrected chi connectivity index (χ0v) is 15.3. The molecular formula is C18H22N2O4S. The van der Waals surface area contributed by atoms with Crippen LogP contribution in [0.25, 0.3) is 0 Å². The highest BCUT2D eigenvalue weighted by Gasteiger charge is 2.25. The topological polar surface area (TPSA) is 75.7 Å². The third-order valence-corrected chi connectivity index (χ3v) is 5.32. The summed E-state index contributed by atoms with van der Waals surface area (Å²) >= 11 is 0. The molecule has 2 aromatic carbocycles. The third kappa shape index (κ3) is 5.12. The highest BCUT2D eigenvalue weighted by atomic mass is 32.2. The molecular weight excluding hydrogens is 340 g/mol. The first-order chi connectivity index (χ1) is 11.8. The van der Waals surface area contributed by atoms with Crippen LogP contribution in [0.2, 0.25) is 0 Å². The van der Waals surface area contributed by atoms with E-state index in [1.807, 2.05) is 13.0 Å². The molecule has 2 aromatic rings. The van der Waals surface area contributed by atoms with Gasteiger partial charge in [-0.3, -0.25) is 9.63 Å². The van der Waals surface area contributed by atoms with E-state index in [0.717, 1.165) is 10.6 Å². The largest absolute Gasteiger partial charge is 0.275 e. The molecule has 0 aliphatic carbocycles. The SMILES string of the molecule is CON(C)C(=O)C[C@@H](NS(=O)(=O)c1ccc(C)cc1)c1ccccc1. The first-order valence-corrected chi connectivity index (χ1v) is 9.26. The van der Waals surface area contributed by atoms with Crippen LogP contribution in [-0.2, 0) is 19.7 Å². The molecule has 1 amide bonds. The van der Waals surface area contributed by atoms with Gasteiger partial charge < -0.3 is 0 Å². The second-order valence-corrected chi connectivity index (χ2v) is 7.39. The zero-order chi connectivity index (χ0) is 18.4. The maximum absolute atomic E-state index is 12.7. The van der Waals surface area contributed by atoms with Gasteiger partial charge in [-0.25, -0.2) is 18.2 Å². The smallest absolute Gasteiger partial charge is 0.247 e. The summed E-state index contributed by atoms with van der Waals surface area (Å²) in [4.78, 5) is 17.2. The lowest BCUT2D eigenvalue weighted by Gasteiger charge is -2.21. The minimum atomic E-state index is -3.76. The van der Waals surface area contributed by atoms with Gasteiger partial charge in [0.2, 0.25) is 15.9 Å². The van der Waals surface area contributed by atoms with E-state index in [9.17, 15) is 13.2 Å². The molecule has 0 saturated carbocycles. The van der Waals surface area contributed by atoms with Gasteiger partial charge in [0.15, 0.2) is 0 Å². The van der Waals surface area contributed by atoms with Gasteiger partial charge in [-0.2, -0.15) is 0 Å². The molecule has 25 heavy (non-hydrogen) atoms. The number of nitrogens with zero attached hydrogens (tertiary/aromatic N) is 1. The average molecular weight is 362 g/mol. The Labute approximate surface area is 148 Å². The molecule has 0 radical (unpaired) electrons. The number of aryl methyl sites for hydroxylation is 1. The van der Waals surface area contributed by atoms with Crippen molar-refractivity contribution >= 4 is 15.9 Å². The summed E-state index contributed by atoms with van der Waals surface area (Å²) in [5, 5.41) is 1.08. The van der Waals surface area contributed by atoms with Crippen molar-refractivity contribution in [1.29, 1.82) is 0 Å². The number of hydroxylamine groups is 2. The monoisotopic (exact) mass is 362 g/mol. The Hall–Kier alpha value is -2.22.